The van der Waals surface area contributed by atoms with E-state index in [0.29, 0.717) is 0 Å². The van der Waals surface area contributed by atoms with Gasteiger partial charge in [0.05, 0.1) is 18.1 Å². The van der Waals surface area contributed by atoms with Crippen LogP contribution in [0.4, 0.5) is 0 Å². The first kappa shape index (κ1) is 16.2. The minimum Gasteiger partial charge on any atom is -0.497 e. The van der Waals surface area contributed by atoms with Crippen molar-refractivity contribution in [2.24, 2.45) is 11.1 Å². The molecule has 2 rings (SSSR count). The SMILES string of the molecule is COc1ccc2nc(SCCCCC(C)(C)CN)[nH]c2c1. The average Bonchev–Trinajstić information content (AvgIpc) is 2.88. The highest BCUT2D eigenvalue weighted by molar-refractivity contribution is 7.99. The van der Waals surface area contributed by atoms with Gasteiger partial charge in [0.2, 0.25) is 0 Å². The Morgan fingerprint density at radius 2 is 2.14 bits per heavy atom. The fourth-order valence-corrected chi connectivity index (χ4v) is 3.02. The molecule has 5 heteroatoms. The second-order valence-electron chi connectivity index (χ2n) is 6.10. The Hall–Kier alpha value is -1.20. The standard InChI is InChI=1S/C16H25N3OS/c1-16(2,11-17)8-4-5-9-21-15-18-13-7-6-12(20-3)10-14(13)19-15/h6-7,10H,4-5,8-9,11,17H2,1-3H3,(H,18,19). The van der Waals surface area contributed by atoms with Gasteiger partial charge in [0.15, 0.2) is 5.16 Å². The van der Waals surface area contributed by atoms with Crippen LogP contribution >= 0.6 is 11.8 Å². The molecule has 1 heterocycles. The molecule has 0 unspecified atom stereocenters. The molecule has 0 atom stereocenters. The zero-order chi connectivity index (χ0) is 15.3. The highest BCUT2D eigenvalue weighted by Gasteiger charge is 2.14. The van der Waals surface area contributed by atoms with E-state index in [-0.39, 0.29) is 5.41 Å². The summed E-state index contributed by atoms with van der Waals surface area (Å²) in [5.74, 6) is 1.93. The Balaban J connectivity index is 1.81. The molecule has 1 aromatic carbocycles. The van der Waals surface area contributed by atoms with E-state index in [2.05, 4.69) is 23.8 Å². The predicted molar refractivity (Wildman–Crippen MR) is 90.1 cm³/mol. The van der Waals surface area contributed by atoms with Crippen LogP contribution in [0.1, 0.15) is 33.1 Å². The summed E-state index contributed by atoms with van der Waals surface area (Å²) < 4.78 is 5.22. The zero-order valence-electron chi connectivity index (χ0n) is 13.1. The Labute approximate surface area is 130 Å². The summed E-state index contributed by atoms with van der Waals surface area (Å²) in [5, 5.41) is 0.983. The summed E-state index contributed by atoms with van der Waals surface area (Å²) in [6.45, 7) is 5.21. The lowest BCUT2D eigenvalue weighted by atomic mass is 9.88. The van der Waals surface area contributed by atoms with Gasteiger partial charge in [-0.2, -0.15) is 0 Å². The van der Waals surface area contributed by atoms with E-state index in [4.69, 9.17) is 10.5 Å². The van der Waals surface area contributed by atoms with E-state index in [1.165, 1.54) is 19.3 Å². The van der Waals surface area contributed by atoms with Crippen LogP contribution in [0.15, 0.2) is 23.4 Å². The fraction of sp³-hybridized carbons (Fsp3) is 0.562. The van der Waals surface area contributed by atoms with Crippen molar-refractivity contribution < 1.29 is 4.74 Å². The van der Waals surface area contributed by atoms with Gasteiger partial charge in [-0.25, -0.2) is 4.98 Å². The number of unbranched alkanes of at least 4 members (excludes halogenated alkanes) is 1. The number of hydrogen-bond acceptors (Lipinski definition) is 4. The van der Waals surface area contributed by atoms with Crippen LogP contribution in [0.2, 0.25) is 0 Å². The molecule has 1 aromatic heterocycles. The summed E-state index contributed by atoms with van der Waals surface area (Å²) in [4.78, 5) is 7.92. The normalized spacial score (nSPS) is 12.0. The van der Waals surface area contributed by atoms with Crippen molar-refractivity contribution in [1.29, 1.82) is 0 Å². The van der Waals surface area contributed by atoms with Crippen molar-refractivity contribution in [2.75, 3.05) is 19.4 Å². The maximum atomic E-state index is 5.75. The number of nitrogens with one attached hydrogen (secondary N) is 1. The number of nitrogens with two attached hydrogens (primary N) is 1. The number of methoxy groups -OCH3 is 1. The van der Waals surface area contributed by atoms with Gasteiger partial charge in [-0.05, 0) is 36.9 Å². The van der Waals surface area contributed by atoms with Crippen molar-refractivity contribution in [3.8, 4) is 5.75 Å². The van der Waals surface area contributed by atoms with Gasteiger partial charge in [0, 0.05) is 11.8 Å². The third-order valence-electron chi connectivity index (χ3n) is 3.71. The second-order valence-corrected chi connectivity index (χ2v) is 7.18. The van der Waals surface area contributed by atoms with E-state index in [1.54, 1.807) is 18.9 Å². The number of thioether (sulfide) groups is 1. The Morgan fingerprint density at radius 1 is 1.33 bits per heavy atom. The molecular weight excluding hydrogens is 282 g/mol. The van der Waals surface area contributed by atoms with Gasteiger partial charge in [-0.15, -0.1) is 0 Å². The van der Waals surface area contributed by atoms with Crippen LogP contribution in [-0.2, 0) is 0 Å². The van der Waals surface area contributed by atoms with E-state index in [0.717, 1.165) is 34.2 Å². The van der Waals surface area contributed by atoms with E-state index in [1.807, 2.05) is 18.2 Å². The maximum Gasteiger partial charge on any atom is 0.166 e. The van der Waals surface area contributed by atoms with E-state index < -0.39 is 0 Å². The topological polar surface area (TPSA) is 63.9 Å². The molecule has 0 spiro atoms. The molecule has 0 radical (unpaired) electrons. The van der Waals surface area contributed by atoms with Gasteiger partial charge in [-0.3, -0.25) is 0 Å². The highest BCUT2D eigenvalue weighted by atomic mass is 32.2. The van der Waals surface area contributed by atoms with E-state index in [9.17, 15) is 0 Å². The van der Waals surface area contributed by atoms with Crippen LogP contribution in [0.25, 0.3) is 11.0 Å². The third kappa shape index (κ3) is 4.64. The Kier molecular flexibility index (Phi) is 5.53. The number of imidazole rings is 1. The van der Waals surface area contributed by atoms with Crippen molar-refractivity contribution in [1.82, 2.24) is 9.97 Å². The van der Waals surface area contributed by atoms with Crippen molar-refractivity contribution in [3.63, 3.8) is 0 Å². The molecule has 0 aliphatic rings. The van der Waals surface area contributed by atoms with Crippen molar-refractivity contribution >= 4 is 22.8 Å². The average molecular weight is 307 g/mol. The van der Waals surface area contributed by atoms with Crippen LogP contribution < -0.4 is 10.5 Å². The summed E-state index contributed by atoms with van der Waals surface area (Å²) >= 11 is 1.78. The molecule has 0 bridgehead atoms. The minimum absolute atomic E-state index is 0.264. The maximum absolute atomic E-state index is 5.75. The van der Waals surface area contributed by atoms with Gasteiger partial charge < -0.3 is 15.5 Å². The molecular formula is C16H25N3OS. The van der Waals surface area contributed by atoms with Crippen LogP contribution in [0.5, 0.6) is 5.75 Å². The number of hydrogen-bond donors (Lipinski definition) is 2. The number of aromatic nitrogens is 2. The molecule has 0 amide bonds. The lowest BCUT2D eigenvalue weighted by Gasteiger charge is -2.21. The molecule has 116 valence electrons. The summed E-state index contributed by atoms with van der Waals surface area (Å²) in [6.07, 6.45) is 3.58. The van der Waals surface area contributed by atoms with Gasteiger partial charge in [0.1, 0.15) is 5.75 Å². The lowest BCUT2D eigenvalue weighted by Crippen LogP contribution is -2.23. The number of nitrogens with zero attached hydrogens (tertiary/aromatic N) is 1. The minimum atomic E-state index is 0.264. The molecule has 0 aliphatic carbocycles. The number of H-pyrrole nitrogens is 1. The lowest BCUT2D eigenvalue weighted by molar-refractivity contribution is 0.336. The smallest absolute Gasteiger partial charge is 0.166 e. The largest absolute Gasteiger partial charge is 0.497 e. The molecule has 2 aromatic rings. The van der Waals surface area contributed by atoms with Crippen molar-refractivity contribution in [2.45, 2.75) is 38.3 Å². The molecule has 21 heavy (non-hydrogen) atoms. The first-order valence-electron chi connectivity index (χ1n) is 7.41. The second kappa shape index (κ2) is 7.18. The van der Waals surface area contributed by atoms with Crippen LogP contribution in [0, 0.1) is 5.41 Å². The van der Waals surface area contributed by atoms with E-state index >= 15 is 0 Å². The van der Waals surface area contributed by atoms with Crippen LogP contribution in [-0.4, -0.2) is 29.4 Å². The zero-order valence-corrected chi connectivity index (χ0v) is 13.9. The molecule has 3 N–H and O–H groups in total. The molecule has 0 fully saturated rings. The Bertz CT molecular complexity index is 580. The predicted octanol–water partition coefficient (Wildman–Crippen LogP) is 3.82. The molecule has 0 aliphatic heterocycles. The Morgan fingerprint density at radius 3 is 2.86 bits per heavy atom. The van der Waals surface area contributed by atoms with Gasteiger partial charge >= 0.3 is 0 Å². The number of ether oxygens (including phenoxy) is 1. The fourth-order valence-electron chi connectivity index (χ4n) is 2.14. The quantitative estimate of drug-likeness (QED) is 0.575. The first-order chi connectivity index (χ1) is 10.0. The summed E-state index contributed by atoms with van der Waals surface area (Å²) in [5.41, 5.74) is 8.03. The molecule has 0 saturated carbocycles. The molecule has 4 nitrogen and oxygen atoms in total. The van der Waals surface area contributed by atoms with Gasteiger partial charge in [0.25, 0.3) is 0 Å². The van der Waals surface area contributed by atoms with Crippen LogP contribution in [0.3, 0.4) is 0 Å². The molecule has 0 saturated heterocycles. The number of rotatable bonds is 8. The monoisotopic (exact) mass is 307 g/mol. The number of fused-ring (bicyclic) bond motifs is 1. The summed E-state index contributed by atoms with van der Waals surface area (Å²) in [7, 11) is 1.68. The van der Waals surface area contributed by atoms with Crippen molar-refractivity contribution in [3.05, 3.63) is 18.2 Å². The highest BCUT2D eigenvalue weighted by Crippen LogP contribution is 2.25. The number of benzene rings is 1. The number of aromatic amines is 1. The third-order valence-corrected chi connectivity index (χ3v) is 4.67. The van der Waals surface area contributed by atoms with Gasteiger partial charge in [-0.1, -0.05) is 32.0 Å². The summed E-state index contributed by atoms with van der Waals surface area (Å²) in [6, 6.07) is 5.90. The first-order valence-corrected chi connectivity index (χ1v) is 8.39.